The largest absolute Gasteiger partial charge is 0.314 e. The van der Waals surface area contributed by atoms with Crippen molar-refractivity contribution < 1.29 is 0 Å². The van der Waals surface area contributed by atoms with Gasteiger partial charge in [0.05, 0.1) is 0 Å². The van der Waals surface area contributed by atoms with Gasteiger partial charge in [-0.2, -0.15) is 0 Å². The molecule has 1 aliphatic rings. The Morgan fingerprint density at radius 2 is 1.77 bits per heavy atom. The van der Waals surface area contributed by atoms with Gasteiger partial charge in [-0.25, -0.2) is 0 Å². The summed E-state index contributed by atoms with van der Waals surface area (Å²) < 4.78 is 0. The molecule has 0 amide bonds. The van der Waals surface area contributed by atoms with Crippen molar-refractivity contribution in [1.82, 2.24) is 5.32 Å². The highest BCUT2D eigenvalue weighted by atomic mass is 14.9. The van der Waals surface area contributed by atoms with Gasteiger partial charge in [-0.1, -0.05) is 20.8 Å². The normalized spacial score (nSPS) is 29.5. The van der Waals surface area contributed by atoms with Gasteiger partial charge in [0.15, 0.2) is 0 Å². The van der Waals surface area contributed by atoms with Crippen molar-refractivity contribution in [3.05, 3.63) is 0 Å². The second-order valence-electron chi connectivity index (χ2n) is 4.81. The summed E-state index contributed by atoms with van der Waals surface area (Å²) in [5, 5.41) is 3.63. The number of rotatable bonds is 4. The summed E-state index contributed by atoms with van der Waals surface area (Å²) in [6.45, 7) is 8.18. The summed E-state index contributed by atoms with van der Waals surface area (Å²) in [5.74, 6) is 1.90. The molecule has 0 heterocycles. The zero-order valence-corrected chi connectivity index (χ0v) is 9.47. The fourth-order valence-electron chi connectivity index (χ4n) is 2.34. The van der Waals surface area contributed by atoms with Crippen LogP contribution in [0.2, 0.25) is 0 Å². The Morgan fingerprint density at radius 3 is 2.23 bits per heavy atom. The Labute approximate surface area is 83.3 Å². The minimum absolute atomic E-state index is 0.829. The molecule has 1 fully saturated rings. The molecule has 0 aliphatic heterocycles. The first kappa shape index (κ1) is 11.0. The molecular formula is C12H25N. The lowest BCUT2D eigenvalue weighted by Gasteiger charge is -2.31. The van der Waals surface area contributed by atoms with Crippen molar-refractivity contribution in [2.24, 2.45) is 11.8 Å². The minimum atomic E-state index is 0.829. The Kier molecular flexibility index (Phi) is 4.79. The van der Waals surface area contributed by atoms with Gasteiger partial charge >= 0.3 is 0 Å². The van der Waals surface area contributed by atoms with E-state index in [-0.39, 0.29) is 0 Å². The van der Waals surface area contributed by atoms with Gasteiger partial charge in [-0.3, -0.25) is 0 Å². The van der Waals surface area contributed by atoms with E-state index in [1.807, 2.05) is 0 Å². The van der Waals surface area contributed by atoms with Crippen LogP contribution >= 0.6 is 0 Å². The topological polar surface area (TPSA) is 12.0 Å². The predicted octanol–water partition coefficient (Wildman–Crippen LogP) is 3.20. The summed E-state index contributed by atoms with van der Waals surface area (Å²) in [4.78, 5) is 0. The first-order valence-electron chi connectivity index (χ1n) is 5.97. The summed E-state index contributed by atoms with van der Waals surface area (Å²) in [6.07, 6.45) is 6.97. The molecule has 0 aromatic carbocycles. The standard InChI is InChI=1S/C12H25N/c1-4-9-13-12-7-5-11(6-8-12)10(2)3/h10-13H,4-9H2,1-3H3/t11-,12+. The van der Waals surface area contributed by atoms with Gasteiger partial charge in [0.2, 0.25) is 0 Å². The molecule has 1 saturated carbocycles. The molecule has 78 valence electrons. The fourth-order valence-corrected chi connectivity index (χ4v) is 2.34. The predicted molar refractivity (Wildman–Crippen MR) is 58.9 cm³/mol. The Morgan fingerprint density at radius 1 is 1.15 bits per heavy atom. The van der Waals surface area contributed by atoms with Crippen LogP contribution in [0, 0.1) is 11.8 Å². The SMILES string of the molecule is CCCN[C@H]1CC[C@@H](C(C)C)CC1. The van der Waals surface area contributed by atoms with E-state index in [1.54, 1.807) is 0 Å². The lowest BCUT2D eigenvalue weighted by molar-refractivity contribution is 0.239. The molecule has 0 spiro atoms. The molecule has 0 bridgehead atoms. The molecule has 1 rings (SSSR count). The highest BCUT2D eigenvalue weighted by Crippen LogP contribution is 2.29. The molecule has 0 saturated heterocycles. The third-order valence-electron chi connectivity index (χ3n) is 3.40. The second-order valence-corrected chi connectivity index (χ2v) is 4.81. The van der Waals surface area contributed by atoms with Crippen LogP contribution in [0.1, 0.15) is 52.9 Å². The summed E-state index contributed by atoms with van der Waals surface area (Å²) in [5.41, 5.74) is 0. The molecule has 1 nitrogen and oxygen atoms in total. The first-order valence-corrected chi connectivity index (χ1v) is 5.97. The van der Waals surface area contributed by atoms with Crippen LogP contribution in [-0.4, -0.2) is 12.6 Å². The fraction of sp³-hybridized carbons (Fsp3) is 1.00. The van der Waals surface area contributed by atoms with Gasteiger partial charge in [0.25, 0.3) is 0 Å². The molecule has 0 aromatic heterocycles. The van der Waals surface area contributed by atoms with E-state index in [4.69, 9.17) is 0 Å². The maximum Gasteiger partial charge on any atom is 0.00672 e. The van der Waals surface area contributed by atoms with Crippen molar-refractivity contribution in [3.63, 3.8) is 0 Å². The Balaban J connectivity index is 2.15. The number of hydrogen-bond donors (Lipinski definition) is 1. The van der Waals surface area contributed by atoms with Crippen LogP contribution in [0.4, 0.5) is 0 Å². The third-order valence-corrected chi connectivity index (χ3v) is 3.40. The van der Waals surface area contributed by atoms with E-state index < -0.39 is 0 Å². The summed E-state index contributed by atoms with van der Waals surface area (Å²) in [6, 6.07) is 0.829. The van der Waals surface area contributed by atoms with Crippen molar-refractivity contribution >= 4 is 0 Å². The highest BCUT2D eigenvalue weighted by Gasteiger charge is 2.22. The average molecular weight is 183 g/mol. The van der Waals surface area contributed by atoms with E-state index in [9.17, 15) is 0 Å². The van der Waals surface area contributed by atoms with Crippen molar-refractivity contribution in [3.8, 4) is 0 Å². The van der Waals surface area contributed by atoms with E-state index in [2.05, 4.69) is 26.1 Å². The van der Waals surface area contributed by atoms with E-state index in [0.29, 0.717) is 0 Å². The second kappa shape index (κ2) is 5.64. The zero-order valence-electron chi connectivity index (χ0n) is 9.47. The summed E-state index contributed by atoms with van der Waals surface area (Å²) >= 11 is 0. The number of hydrogen-bond acceptors (Lipinski definition) is 1. The molecule has 0 unspecified atom stereocenters. The first-order chi connectivity index (χ1) is 6.24. The van der Waals surface area contributed by atoms with Crippen molar-refractivity contribution in [2.75, 3.05) is 6.54 Å². The average Bonchev–Trinajstić information content (AvgIpc) is 2.15. The van der Waals surface area contributed by atoms with E-state index >= 15 is 0 Å². The molecule has 1 aliphatic carbocycles. The molecule has 0 aromatic rings. The van der Waals surface area contributed by atoms with E-state index in [1.165, 1.54) is 38.6 Å². The van der Waals surface area contributed by atoms with Crippen LogP contribution in [0.25, 0.3) is 0 Å². The lowest BCUT2D eigenvalue weighted by atomic mass is 9.80. The number of nitrogens with one attached hydrogen (secondary N) is 1. The van der Waals surface area contributed by atoms with Crippen LogP contribution < -0.4 is 5.32 Å². The van der Waals surface area contributed by atoms with Gasteiger partial charge in [0, 0.05) is 6.04 Å². The quantitative estimate of drug-likeness (QED) is 0.706. The lowest BCUT2D eigenvalue weighted by Crippen LogP contribution is -2.34. The molecule has 13 heavy (non-hydrogen) atoms. The molecule has 1 heteroatoms. The van der Waals surface area contributed by atoms with Gasteiger partial charge < -0.3 is 5.32 Å². The van der Waals surface area contributed by atoms with Crippen LogP contribution in [0.3, 0.4) is 0 Å². The van der Waals surface area contributed by atoms with Gasteiger partial charge in [0.1, 0.15) is 0 Å². The highest BCUT2D eigenvalue weighted by molar-refractivity contribution is 4.78. The Bertz CT molecular complexity index is 123. The molecule has 1 N–H and O–H groups in total. The van der Waals surface area contributed by atoms with Gasteiger partial charge in [-0.05, 0) is 50.5 Å². The van der Waals surface area contributed by atoms with Crippen molar-refractivity contribution in [1.29, 1.82) is 0 Å². The van der Waals surface area contributed by atoms with E-state index in [0.717, 1.165) is 17.9 Å². The van der Waals surface area contributed by atoms with Crippen LogP contribution in [-0.2, 0) is 0 Å². The monoisotopic (exact) mass is 183 g/mol. The van der Waals surface area contributed by atoms with Crippen molar-refractivity contribution in [2.45, 2.75) is 58.9 Å². The maximum absolute atomic E-state index is 3.63. The smallest absolute Gasteiger partial charge is 0.00672 e. The third kappa shape index (κ3) is 3.68. The molecular weight excluding hydrogens is 158 g/mol. The zero-order chi connectivity index (χ0) is 9.68. The minimum Gasteiger partial charge on any atom is -0.314 e. The molecule has 0 atom stereocenters. The summed E-state index contributed by atoms with van der Waals surface area (Å²) in [7, 11) is 0. The van der Waals surface area contributed by atoms with Crippen LogP contribution in [0.15, 0.2) is 0 Å². The van der Waals surface area contributed by atoms with Crippen LogP contribution in [0.5, 0.6) is 0 Å². The maximum atomic E-state index is 3.63. The Hall–Kier alpha value is -0.0400. The van der Waals surface area contributed by atoms with Gasteiger partial charge in [-0.15, -0.1) is 0 Å². The molecule has 0 radical (unpaired) electrons.